The molecule has 2 N–H and O–H groups in total. The minimum Gasteiger partial charge on any atom is -0.490 e. The Labute approximate surface area is 185 Å². The quantitative estimate of drug-likeness (QED) is 0.631. The Kier molecular flexibility index (Phi) is 9.78. The van der Waals surface area contributed by atoms with E-state index in [2.05, 4.69) is 39.5 Å². The number of nitrogens with zero attached hydrogens (tertiary/aromatic N) is 3. The van der Waals surface area contributed by atoms with Gasteiger partial charge in [0.25, 0.3) is 0 Å². The third-order valence-corrected chi connectivity index (χ3v) is 5.20. The van der Waals surface area contributed by atoms with Crippen molar-refractivity contribution in [1.82, 2.24) is 20.1 Å². The Morgan fingerprint density at radius 2 is 1.90 bits per heavy atom. The lowest BCUT2D eigenvalue weighted by Gasteiger charge is -2.24. The van der Waals surface area contributed by atoms with Gasteiger partial charge in [-0.3, -0.25) is 4.79 Å². The molecule has 1 amide bonds. The molecule has 8 heteroatoms. The average Bonchev–Trinajstić information content (AvgIpc) is 2.71. The summed E-state index contributed by atoms with van der Waals surface area (Å²) in [6.45, 7) is 4.65. The van der Waals surface area contributed by atoms with Crippen LogP contribution in [0.5, 0.6) is 5.75 Å². The summed E-state index contributed by atoms with van der Waals surface area (Å²) >= 11 is 0. The van der Waals surface area contributed by atoms with Gasteiger partial charge in [0.15, 0.2) is 0 Å². The number of rotatable bonds is 9. The number of hydrogen-bond donors (Lipinski definition) is 2. The molecule has 1 fully saturated rings. The fraction of sp³-hybridized carbons (Fsp3) is 0.545. The normalized spacial score (nSPS) is 14.7. The summed E-state index contributed by atoms with van der Waals surface area (Å²) in [4.78, 5) is 21.0. The number of benzene rings is 1. The van der Waals surface area contributed by atoms with E-state index in [0.29, 0.717) is 12.2 Å². The Morgan fingerprint density at radius 3 is 2.63 bits per heavy atom. The molecule has 0 spiro atoms. The molecule has 3 rings (SSSR count). The SMILES string of the molecule is CN(C)CCN(C)CCC(=O)Nc1cc2cc(OC3CCNCC3)ccc2cn1.Cl. The predicted octanol–water partition coefficient (Wildman–Crippen LogP) is 2.61. The van der Waals surface area contributed by atoms with E-state index >= 15 is 0 Å². The molecule has 0 aliphatic carbocycles. The molecule has 1 aliphatic heterocycles. The van der Waals surface area contributed by atoms with E-state index in [1.54, 1.807) is 6.20 Å². The van der Waals surface area contributed by atoms with E-state index in [-0.39, 0.29) is 24.4 Å². The van der Waals surface area contributed by atoms with Crippen molar-refractivity contribution in [3.8, 4) is 5.75 Å². The molecule has 2 heterocycles. The fourth-order valence-electron chi connectivity index (χ4n) is 3.35. The van der Waals surface area contributed by atoms with Crippen LogP contribution in [0.25, 0.3) is 10.8 Å². The van der Waals surface area contributed by atoms with Crippen LogP contribution in [0.4, 0.5) is 5.82 Å². The lowest BCUT2D eigenvalue weighted by Crippen LogP contribution is -2.34. The van der Waals surface area contributed by atoms with Gasteiger partial charge in [-0.05, 0) is 76.7 Å². The third kappa shape index (κ3) is 7.72. The number of pyridine rings is 1. The highest BCUT2D eigenvalue weighted by Crippen LogP contribution is 2.24. The Hall–Kier alpha value is -1.93. The number of anilines is 1. The zero-order valence-corrected chi connectivity index (χ0v) is 19.0. The molecule has 0 radical (unpaired) electrons. The van der Waals surface area contributed by atoms with Gasteiger partial charge in [-0.1, -0.05) is 0 Å². The van der Waals surface area contributed by atoms with Gasteiger partial charge in [-0.15, -0.1) is 12.4 Å². The standard InChI is InChI=1S/C22H33N5O2.ClH/c1-26(2)12-13-27(3)11-8-22(28)25-21-15-18-14-20(5-4-17(18)16-24-21)29-19-6-9-23-10-7-19;/h4-5,14-16,19,23H,6-13H2,1-3H3,(H,24,25,28);1H. The van der Waals surface area contributed by atoms with Crippen LogP contribution in [0.3, 0.4) is 0 Å². The number of fused-ring (bicyclic) bond motifs is 1. The van der Waals surface area contributed by atoms with Gasteiger partial charge in [0.1, 0.15) is 17.7 Å². The smallest absolute Gasteiger partial charge is 0.226 e. The first-order valence-corrected chi connectivity index (χ1v) is 10.4. The highest BCUT2D eigenvalue weighted by Gasteiger charge is 2.14. The third-order valence-electron chi connectivity index (χ3n) is 5.20. The van der Waals surface area contributed by atoms with Gasteiger partial charge >= 0.3 is 0 Å². The van der Waals surface area contributed by atoms with Crippen molar-refractivity contribution in [1.29, 1.82) is 0 Å². The predicted molar refractivity (Wildman–Crippen MR) is 125 cm³/mol. The Morgan fingerprint density at radius 1 is 1.13 bits per heavy atom. The topological polar surface area (TPSA) is 69.7 Å². The van der Waals surface area contributed by atoms with Gasteiger partial charge < -0.3 is 25.2 Å². The summed E-state index contributed by atoms with van der Waals surface area (Å²) in [6, 6.07) is 7.96. The lowest BCUT2D eigenvalue weighted by molar-refractivity contribution is -0.116. The van der Waals surface area contributed by atoms with Crippen LogP contribution in [0.2, 0.25) is 0 Å². The first kappa shape index (κ1) is 24.3. The number of amides is 1. The van der Waals surface area contributed by atoms with Gasteiger partial charge in [0.2, 0.25) is 5.91 Å². The summed E-state index contributed by atoms with van der Waals surface area (Å²) in [5.74, 6) is 1.43. The van der Waals surface area contributed by atoms with Crippen LogP contribution in [0.1, 0.15) is 19.3 Å². The maximum absolute atomic E-state index is 12.3. The average molecular weight is 436 g/mol. The van der Waals surface area contributed by atoms with E-state index in [0.717, 1.165) is 62.1 Å². The summed E-state index contributed by atoms with van der Waals surface area (Å²) in [7, 11) is 6.14. The summed E-state index contributed by atoms with van der Waals surface area (Å²) in [5, 5.41) is 8.32. The van der Waals surface area contributed by atoms with Gasteiger partial charge in [0, 0.05) is 37.6 Å². The molecular weight excluding hydrogens is 402 g/mol. The lowest BCUT2D eigenvalue weighted by atomic mass is 10.1. The van der Waals surface area contributed by atoms with E-state index in [1.807, 2.05) is 31.3 Å². The number of piperidine rings is 1. The van der Waals surface area contributed by atoms with E-state index < -0.39 is 0 Å². The number of likely N-dealkylation sites (N-methyl/N-ethyl adjacent to an activating group) is 2. The molecule has 1 aromatic heterocycles. The molecule has 0 saturated carbocycles. The number of nitrogens with one attached hydrogen (secondary N) is 2. The molecule has 1 aromatic carbocycles. The van der Waals surface area contributed by atoms with E-state index in [4.69, 9.17) is 4.74 Å². The Balaban J connectivity index is 0.00000320. The number of aromatic nitrogens is 1. The molecule has 166 valence electrons. The molecule has 30 heavy (non-hydrogen) atoms. The van der Waals surface area contributed by atoms with Gasteiger partial charge in [-0.25, -0.2) is 4.98 Å². The van der Waals surface area contributed by atoms with E-state index in [1.165, 1.54) is 0 Å². The zero-order valence-electron chi connectivity index (χ0n) is 18.2. The number of hydrogen-bond acceptors (Lipinski definition) is 6. The molecule has 7 nitrogen and oxygen atoms in total. The molecule has 1 saturated heterocycles. The minimum absolute atomic E-state index is 0. The summed E-state index contributed by atoms with van der Waals surface area (Å²) < 4.78 is 6.13. The van der Waals surface area contributed by atoms with Crippen LogP contribution >= 0.6 is 12.4 Å². The van der Waals surface area contributed by atoms with Crippen LogP contribution in [-0.4, -0.2) is 80.7 Å². The highest BCUT2D eigenvalue weighted by molar-refractivity contribution is 5.93. The van der Waals surface area contributed by atoms with Gasteiger partial charge in [0.05, 0.1) is 0 Å². The van der Waals surface area contributed by atoms with Crippen LogP contribution in [-0.2, 0) is 4.79 Å². The number of ether oxygens (including phenoxy) is 1. The molecule has 2 aromatic rings. The number of carbonyl (C=O) groups is 1. The van der Waals surface area contributed by atoms with Crippen molar-refractivity contribution >= 4 is 34.9 Å². The first-order valence-electron chi connectivity index (χ1n) is 10.4. The van der Waals surface area contributed by atoms with Crippen LogP contribution < -0.4 is 15.4 Å². The maximum atomic E-state index is 12.3. The Bertz CT molecular complexity index is 811. The van der Waals surface area contributed by atoms with E-state index in [9.17, 15) is 4.79 Å². The maximum Gasteiger partial charge on any atom is 0.226 e. The number of carbonyl (C=O) groups excluding carboxylic acids is 1. The second-order valence-corrected chi connectivity index (χ2v) is 8.05. The second-order valence-electron chi connectivity index (χ2n) is 8.05. The molecule has 1 aliphatic rings. The molecule has 0 unspecified atom stereocenters. The zero-order chi connectivity index (χ0) is 20.6. The van der Waals surface area contributed by atoms with Crippen LogP contribution in [0, 0.1) is 0 Å². The van der Waals surface area contributed by atoms with Crippen molar-refractivity contribution in [2.75, 3.05) is 59.2 Å². The highest BCUT2D eigenvalue weighted by atomic mass is 35.5. The largest absolute Gasteiger partial charge is 0.490 e. The monoisotopic (exact) mass is 435 g/mol. The fourth-order valence-corrected chi connectivity index (χ4v) is 3.35. The summed E-state index contributed by atoms with van der Waals surface area (Å²) in [6.07, 6.45) is 4.56. The number of halogens is 1. The van der Waals surface area contributed by atoms with Crippen LogP contribution in [0.15, 0.2) is 30.5 Å². The van der Waals surface area contributed by atoms with Crippen molar-refractivity contribution in [2.24, 2.45) is 0 Å². The summed E-state index contributed by atoms with van der Waals surface area (Å²) in [5.41, 5.74) is 0. The van der Waals surface area contributed by atoms with Crippen molar-refractivity contribution in [3.05, 3.63) is 30.5 Å². The molecular formula is C22H34ClN5O2. The van der Waals surface area contributed by atoms with Crippen molar-refractivity contribution in [2.45, 2.75) is 25.4 Å². The molecule has 0 bridgehead atoms. The second kappa shape index (κ2) is 12.1. The minimum atomic E-state index is -0.0179. The van der Waals surface area contributed by atoms with Crippen molar-refractivity contribution < 1.29 is 9.53 Å². The van der Waals surface area contributed by atoms with Crippen molar-refractivity contribution in [3.63, 3.8) is 0 Å². The molecule has 0 atom stereocenters. The van der Waals surface area contributed by atoms with Gasteiger partial charge in [-0.2, -0.15) is 0 Å². The first-order chi connectivity index (χ1) is 14.0.